The topological polar surface area (TPSA) is 58.4 Å². The fourth-order valence-electron chi connectivity index (χ4n) is 4.04. The van der Waals surface area contributed by atoms with Crippen LogP contribution >= 0.6 is 11.3 Å². The summed E-state index contributed by atoms with van der Waals surface area (Å²) in [7, 11) is 0. The average Bonchev–Trinajstić information content (AvgIpc) is 3.22. The van der Waals surface area contributed by atoms with Crippen LogP contribution < -0.4 is 5.32 Å². The summed E-state index contributed by atoms with van der Waals surface area (Å²) in [6.45, 7) is 6.42. The molecule has 0 spiro atoms. The Morgan fingerprint density at radius 2 is 2.23 bits per heavy atom. The molecule has 0 aromatic carbocycles. The van der Waals surface area contributed by atoms with Crippen LogP contribution in [0.4, 0.5) is 0 Å². The Morgan fingerprint density at radius 1 is 1.38 bits per heavy atom. The van der Waals surface area contributed by atoms with E-state index in [9.17, 15) is 4.79 Å². The van der Waals surface area contributed by atoms with Gasteiger partial charge in [-0.25, -0.2) is 4.98 Å². The Kier molecular flexibility index (Phi) is 5.14. The molecule has 2 atom stereocenters. The number of rotatable bonds is 5. The van der Waals surface area contributed by atoms with Crippen molar-refractivity contribution in [3.8, 4) is 10.8 Å². The molecule has 2 aromatic rings. The third kappa shape index (κ3) is 3.58. The van der Waals surface area contributed by atoms with Gasteiger partial charge in [0.25, 0.3) is 5.91 Å². The number of hydrogen-bond donors (Lipinski definition) is 1. The summed E-state index contributed by atoms with van der Waals surface area (Å²) in [5.74, 6) is 1.18. The second-order valence-corrected chi connectivity index (χ2v) is 8.85. The highest BCUT2D eigenvalue weighted by Gasteiger charge is 2.32. The summed E-state index contributed by atoms with van der Waals surface area (Å²) < 4.78 is 5.40. The van der Waals surface area contributed by atoms with E-state index in [2.05, 4.69) is 22.1 Å². The van der Waals surface area contributed by atoms with E-state index in [4.69, 9.17) is 4.42 Å². The van der Waals surface area contributed by atoms with Gasteiger partial charge in [0.05, 0.1) is 6.26 Å². The van der Waals surface area contributed by atoms with Crippen molar-refractivity contribution in [3.05, 3.63) is 29.0 Å². The van der Waals surface area contributed by atoms with Gasteiger partial charge >= 0.3 is 0 Å². The number of aromatic nitrogens is 1. The van der Waals surface area contributed by atoms with Gasteiger partial charge in [-0.15, -0.1) is 11.3 Å². The summed E-state index contributed by atoms with van der Waals surface area (Å²) in [4.78, 5) is 20.9. The number of furan rings is 1. The maximum Gasteiger partial charge on any atom is 0.271 e. The van der Waals surface area contributed by atoms with E-state index < -0.39 is 0 Å². The molecule has 5 nitrogen and oxygen atoms in total. The standard InChI is InChI=1S/C20H27N3O2S/c1-13(15-6-4-10-23(12-15)16-7-3-8-16)21-19(24)18-14(2)26-20(22-18)17-9-5-11-25-17/h5,9,11,13,15-16H,3-4,6-8,10,12H2,1-2H3,(H,21,24). The zero-order chi connectivity index (χ0) is 18.1. The Labute approximate surface area is 158 Å². The molecular formula is C20H27N3O2S. The van der Waals surface area contributed by atoms with Crippen LogP contribution in [0.25, 0.3) is 10.8 Å². The van der Waals surface area contributed by atoms with Crippen molar-refractivity contribution >= 4 is 17.2 Å². The summed E-state index contributed by atoms with van der Waals surface area (Å²) >= 11 is 1.50. The van der Waals surface area contributed by atoms with Gasteiger partial charge in [0.1, 0.15) is 5.69 Å². The Balaban J connectivity index is 1.39. The number of aryl methyl sites for hydroxylation is 1. The zero-order valence-electron chi connectivity index (χ0n) is 15.5. The molecule has 1 amide bonds. The second-order valence-electron chi connectivity index (χ2n) is 7.65. The summed E-state index contributed by atoms with van der Waals surface area (Å²) in [6, 6.07) is 4.67. The summed E-state index contributed by atoms with van der Waals surface area (Å²) in [5.41, 5.74) is 0.528. The smallest absolute Gasteiger partial charge is 0.271 e. The number of likely N-dealkylation sites (tertiary alicyclic amines) is 1. The maximum atomic E-state index is 12.8. The molecule has 2 fully saturated rings. The highest BCUT2D eigenvalue weighted by Crippen LogP contribution is 2.31. The van der Waals surface area contributed by atoms with Crippen LogP contribution in [-0.2, 0) is 0 Å². The highest BCUT2D eigenvalue weighted by atomic mass is 32.1. The molecule has 2 unspecified atom stereocenters. The van der Waals surface area contributed by atoms with Gasteiger partial charge in [0.2, 0.25) is 0 Å². The molecule has 6 heteroatoms. The molecule has 26 heavy (non-hydrogen) atoms. The Hall–Kier alpha value is -1.66. The van der Waals surface area contributed by atoms with Gasteiger partial charge in [0, 0.05) is 23.5 Å². The molecule has 0 radical (unpaired) electrons. The number of hydrogen-bond acceptors (Lipinski definition) is 5. The normalized spacial score (nSPS) is 22.8. The number of carbonyl (C=O) groups excluding carboxylic acids is 1. The van der Waals surface area contributed by atoms with E-state index in [1.807, 2.05) is 19.1 Å². The number of carbonyl (C=O) groups is 1. The van der Waals surface area contributed by atoms with E-state index in [-0.39, 0.29) is 11.9 Å². The molecule has 1 N–H and O–H groups in total. The van der Waals surface area contributed by atoms with Crippen LogP contribution in [0, 0.1) is 12.8 Å². The third-order valence-corrected chi connectivity index (χ3v) is 6.88. The number of piperidine rings is 1. The van der Waals surface area contributed by atoms with Gasteiger partial charge in [-0.2, -0.15) is 0 Å². The van der Waals surface area contributed by atoms with Gasteiger partial charge in [-0.05, 0) is 64.1 Å². The molecule has 2 aromatic heterocycles. The lowest BCUT2D eigenvalue weighted by Crippen LogP contribution is -2.50. The van der Waals surface area contributed by atoms with E-state index in [0.29, 0.717) is 17.4 Å². The average molecular weight is 374 g/mol. The fraction of sp³-hybridized carbons (Fsp3) is 0.600. The largest absolute Gasteiger partial charge is 0.462 e. The van der Waals surface area contributed by atoms with E-state index in [1.165, 1.54) is 50.0 Å². The number of amides is 1. The molecule has 140 valence electrons. The number of thiazole rings is 1. The Bertz CT molecular complexity index is 751. The van der Waals surface area contributed by atoms with Crippen molar-refractivity contribution in [1.82, 2.24) is 15.2 Å². The van der Waals surface area contributed by atoms with Crippen LogP contribution in [0.5, 0.6) is 0 Å². The minimum atomic E-state index is -0.0650. The first kappa shape index (κ1) is 17.7. The van der Waals surface area contributed by atoms with E-state index >= 15 is 0 Å². The van der Waals surface area contributed by atoms with Crippen LogP contribution in [0.15, 0.2) is 22.8 Å². The minimum absolute atomic E-state index is 0.0650. The fourth-order valence-corrected chi connectivity index (χ4v) is 4.92. The lowest BCUT2D eigenvalue weighted by molar-refractivity contribution is 0.0634. The van der Waals surface area contributed by atoms with Crippen molar-refractivity contribution in [1.29, 1.82) is 0 Å². The van der Waals surface area contributed by atoms with Crippen LogP contribution in [0.3, 0.4) is 0 Å². The second kappa shape index (κ2) is 7.53. The van der Waals surface area contributed by atoms with E-state index in [0.717, 1.165) is 22.5 Å². The molecule has 3 heterocycles. The van der Waals surface area contributed by atoms with Crippen molar-refractivity contribution in [2.75, 3.05) is 13.1 Å². The highest BCUT2D eigenvalue weighted by molar-refractivity contribution is 7.15. The SMILES string of the molecule is Cc1sc(-c2ccco2)nc1C(=O)NC(C)C1CCCN(C2CCC2)C1. The zero-order valence-corrected chi connectivity index (χ0v) is 16.3. The van der Waals surface area contributed by atoms with Crippen LogP contribution in [-0.4, -0.2) is 41.0 Å². The molecule has 1 saturated carbocycles. The summed E-state index contributed by atoms with van der Waals surface area (Å²) in [6.07, 6.45) is 8.13. The molecule has 4 rings (SSSR count). The predicted molar refractivity (Wildman–Crippen MR) is 103 cm³/mol. The van der Waals surface area contributed by atoms with Gasteiger partial charge in [0.15, 0.2) is 10.8 Å². The summed E-state index contributed by atoms with van der Waals surface area (Å²) in [5, 5.41) is 3.97. The molecule has 2 aliphatic rings. The lowest BCUT2D eigenvalue weighted by Gasteiger charge is -2.43. The van der Waals surface area contributed by atoms with Crippen molar-refractivity contribution in [2.45, 2.75) is 58.0 Å². The monoisotopic (exact) mass is 373 g/mol. The predicted octanol–water partition coefficient (Wildman–Crippen LogP) is 4.09. The first-order valence-electron chi connectivity index (χ1n) is 9.68. The van der Waals surface area contributed by atoms with Gasteiger partial charge < -0.3 is 14.6 Å². The van der Waals surface area contributed by atoms with Crippen LogP contribution in [0.1, 0.15) is 54.4 Å². The molecule has 1 saturated heterocycles. The number of nitrogens with one attached hydrogen (secondary N) is 1. The molecular weight excluding hydrogens is 346 g/mol. The first-order valence-corrected chi connectivity index (χ1v) is 10.5. The lowest BCUT2D eigenvalue weighted by atomic mass is 9.85. The molecule has 1 aliphatic carbocycles. The quantitative estimate of drug-likeness (QED) is 0.857. The van der Waals surface area contributed by atoms with Crippen molar-refractivity contribution in [3.63, 3.8) is 0 Å². The van der Waals surface area contributed by atoms with Gasteiger partial charge in [-0.3, -0.25) is 4.79 Å². The minimum Gasteiger partial charge on any atom is -0.462 e. The molecule has 0 bridgehead atoms. The molecule has 1 aliphatic heterocycles. The van der Waals surface area contributed by atoms with Gasteiger partial charge in [-0.1, -0.05) is 6.42 Å². The first-order chi connectivity index (χ1) is 12.6. The van der Waals surface area contributed by atoms with Crippen LogP contribution in [0.2, 0.25) is 0 Å². The maximum absolute atomic E-state index is 12.8. The third-order valence-electron chi connectivity index (χ3n) is 5.89. The Morgan fingerprint density at radius 3 is 2.92 bits per heavy atom. The van der Waals surface area contributed by atoms with Crippen molar-refractivity contribution in [2.24, 2.45) is 5.92 Å². The van der Waals surface area contributed by atoms with Crippen molar-refractivity contribution < 1.29 is 9.21 Å². The van der Waals surface area contributed by atoms with E-state index in [1.54, 1.807) is 6.26 Å². The number of nitrogens with zero attached hydrogens (tertiary/aromatic N) is 2.